The van der Waals surface area contributed by atoms with Crippen LogP contribution in [0.3, 0.4) is 0 Å². The van der Waals surface area contributed by atoms with E-state index in [-0.39, 0.29) is 16.8 Å². The minimum Gasteiger partial charge on any atom is -0.381 e. The molecule has 2 N–H and O–H groups in total. The van der Waals surface area contributed by atoms with E-state index in [1.807, 2.05) is 0 Å². The highest BCUT2D eigenvalue weighted by atomic mass is 35.5. The Hall–Kier alpha value is -0.940. The molecule has 0 aliphatic carbocycles. The molecule has 0 bridgehead atoms. The molecule has 0 saturated carbocycles. The number of para-hydroxylation sites is 1. The van der Waals surface area contributed by atoms with Gasteiger partial charge >= 0.3 is 6.18 Å². The maximum Gasteiger partial charge on any atom is 0.418 e. The molecule has 2 nitrogen and oxygen atoms in total. The molecule has 1 fully saturated rings. The quantitative estimate of drug-likeness (QED) is 0.863. The maximum absolute atomic E-state index is 13.0. The zero-order chi connectivity index (χ0) is 13.9. The van der Waals surface area contributed by atoms with Crippen LogP contribution >= 0.6 is 11.6 Å². The molecule has 1 unspecified atom stereocenters. The van der Waals surface area contributed by atoms with Gasteiger partial charge in [0.2, 0.25) is 0 Å². The molecule has 1 saturated heterocycles. The van der Waals surface area contributed by atoms with Crippen LogP contribution in [0.4, 0.5) is 18.9 Å². The molecule has 19 heavy (non-hydrogen) atoms. The van der Waals surface area contributed by atoms with Crippen molar-refractivity contribution in [3.05, 3.63) is 28.8 Å². The summed E-state index contributed by atoms with van der Waals surface area (Å²) in [7, 11) is 0. The van der Waals surface area contributed by atoms with Gasteiger partial charge in [0.05, 0.1) is 16.3 Å². The molecule has 1 aliphatic rings. The monoisotopic (exact) mass is 292 g/mol. The van der Waals surface area contributed by atoms with Crippen LogP contribution in [-0.4, -0.2) is 19.1 Å². The number of halogens is 4. The molecule has 0 aromatic heterocycles. The average molecular weight is 293 g/mol. The number of anilines is 1. The van der Waals surface area contributed by atoms with E-state index in [2.05, 4.69) is 10.6 Å². The van der Waals surface area contributed by atoms with E-state index < -0.39 is 11.7 Å². The summed E-state index contributed by atoms with van der Waals surface area (Å²) in [4.78, 5) is 0. The van der Waals surface area contributed by atoms with Crippen LogP contribution in [0, 0.1) is 0 Å². The van der Waals surface area contributed by atoms with Crippen LogP contribution in [0.25, 0.3) is 0 Å². The number of nitrogens with one attached hydrogen (secondary N) is 2. The average Bonchev–Trinajstić information content (AvgIpc) is 2.59. The second-order valence-corrected chi connectivity index (χ2v) is 5.09. The van der Waals surface area contributed by atoms with Gasteiger partial charge in [0, 0.05) is 6.04 Å². The zero-order valence-corrected chi connectivity index (χ0v) is 11.1. The lowest BCUT2D eigenvalue weighted by Crippen LogP contribution is -2.23. The van der Waals surface area contributed by atoms with Crippen molar-refractivity contribution in [2.24, 2.45) is 0 Å². The summed E-state index contributed by atoms with van der Waals surface area (Å²) in [5.74, 6) is 0. The third-order valence-electron chi connectivity index (χ3n) is 3.24. The number of hydrogen-bond acceptors (Lipinski definition) is 2. The van der Waals surface area contributed by atoms with Crippen molar-refractivity contribution in [2.45, 2.75) is 31.5 Å². The SMILES string of the molecule is FC(F)(F)c1cccc(Cl)c1NC1CCCNCC1. The van der Waals surface area contributed by atoms with Gasteiger partial charge in [-0.2, -0.15) is 13.2 Å². The third kappa shape index (κ3) is 3.76. The Balaban J connectivity index is 2.23. The summed E-state index contributed by atoms with van der Waals surface area (Å²) in [6.45, 7) is 1.72. The Morgan fingerprint density at radius 1 is 1.21 bits per heavy atom. The van der Waals surface area contributed by atoms with Crippen molar-refractivity contribution in [1.82, 2.24) is 5.32 Å². The summed E-state index contributed by atoms with van der Waals surface area (Å²) >= 11 is 5.92. The lowest BCUT2D eigenvalue weighted by atomic mass is 10.1. The molecular formula is C13H16ClF3N2. The standard InChI is InChI=1S/C13H16ClF3N2/c14-11-5-1-4-10(13(15,16)17)12(11)19-9-3-2-7-18-8-6-9/h1,4-5,9,18-19H,2-3,6-8H2. The Morgan fingerprint density at radius 3 is 2.74 bits per heavy atom. The molecule has 1 heterocycles. The van der Waals surface area contributed by atoms with Crippen LogP contribution in [0.1, 0.15) is 24.8 Å². The Morgan fingerprint density at radius 2 is 2.00 bits per heavy atom. The van der Waals surface area contributed by atoms with Gasteiger partial charge in [-0.05, 0) is 44.5 Å². The first-order valence-electron chi connectivity index (χ1n) is 6.31. The van der Waals surface area contributed by atoms with Crippen LogP contribution in [0.2, 0.25) is 5.02 Å². The van der Waals surface area contributed by atoms with E-state index in [0.717, 1.165) is 38.4 Å². The van der Waals surface area contributed by atoms with Crippen LogP contribution in [0.15, 0.2) is 18.2 Å². The summed E-state index contributed by atoms with van der Waals surface area (Å²) in [6.07, 6.45) is -1.81. The van der Waals surface area contributed by atoms with Gasteiger partial charge in [0.25, 0.3) is 0 Å². The summed E-state index contributed by atoms with van der Waals surface area (Å²) in [5.41, 5.74) is -0.694. The van der Waals surface area contributed by atoms with Crippen LogP contribution in [-0.2, 0) is 6.18 Å². The van der Waals surface area contributed by atoms with Gasteiger partial charge in [-0.3, -0.25) is 0 Å². The second kappa shape index (κ2) is 6.01. The lowest BCUT2D eigenvalue weighted by molar-refractivity contribution is -0.137. The highest BCUT2D eigenvalue weighted by Crippen LogP contribution is 2.39. The molecule has 1 aliphatic heterocycles. The number of rotatable bonds is 2. The molecule has 0 radical (unpaired) electrons. The van der Waals surface area contributed by atoms with Gasteiger partial charge in [-0.1, -0.05) is 17.7 Å². The molecule has 2 rings (SSSR count). The summed E-state index contributed by atoms with van der Waals surface area (Å²) in [6, 6.07) is 3.89. The lowest BCUT2D eigenvalue weighted by Gasteiger charge is -2.22. The predicted molar refractivity (Wildman–Crippen MR) is 70.6 cm³/mol. The number of benzene rings is 1. The van der Waals surface area contributed by atoms with Crippen molar-refractivity contribution in [3.8, 4) is 0 Å². The Bertz CT molecular complexity index is 426. The minimum absolute atomic E-state index is 0.00330. The molecule has 1 atom stereocenters. The second-order valence-electron chi connectivity index (χ2n) is 4.68. The van der Waals surface area contributed by atoms with E-state index in [1.54, 1.807) is 0 Å². The largest absolute Gasteiger partial charge is 0.418 e. The molecule has 106 valence electrons. The molecule has 1 aromatic carbocycles. The van der Waals surface area contributed by atoms with Gasteiger partial charge in [0.1, 0.15) is 0 Å². The first kappa shape index (κ1) is 14.5. The van der Waals surface area contributed by atoms with Gasteiger partial charge in [0.15, 0.2) is 0 Å². The summed E-state index contributed by atoms with van der Waals surface area (Å²) < 4.78 is 38.9. The minimum atomic E-state index is -4.39. The van der Waals surface area contributed by atoms with E-state index in [9.17, 15) is 13.2 Å². The van der Waals surface area contributed by atoms with Crippen LogP contribution < -0.4 is 10.6 Å². The molecular weight excluding hydrogens is 277 g/mol. The van der Waals surface area contributed by atoms with Crippen molar-refractivity contribution in [1.29, 1.82) is 0 Å². The van der Waals surface area contributed by atoms with Crippen molar-refractivity contribution < 1.29 is 13.2 Å². The predicted octanol–water partition coefficient (Wildman–Crippen LogP) is 3.91. The summed E-state index contributed by atoms with van der Waals surface area (Å²) in [5, 5.41) is 6.32. The Labute approximate surface area is 115 Å². The fourth-order valence-electron chi connectivity index (χ4n) is 2.27. The van der Waals surface area contributed by atoms with E-state index in [1.165, 1.54) is 12.1 Å². The third-order valence-corrected chi connectivity index (χ3v) is 3.56. The van der Waals surface area contributed by atoms with Crippen LogP contribution in [0.5, 0.6) is 0 Å². The molecule has 1 aromatic rings. The van der Waals surface area contributed by atoms with Crippen molar-refractivity contribution >= 4 is 17.3 Å². The van der Waals surface area contributed by atoms with Gasteiger partial charge < -0.3 is 10.6 Å². The first-order chi connectivity index (χ1) is 8.98. The topological polar surface area (TPSA) is 24.1 Å². The van der Waals surface area contributed by atoms with E-state index in [4.69, 9.17) is 11.6 Å². The van der Waals surface area contributed by atoms with E-state index >= 15 is 0 Å². The fraction of sp³-hybridized carbons (Fsp3) is 0.538. The Kier molecular flexibility index (Phi) is 4.58. The highest BCUT2D eigenvalue weighted by molar-refractivity contribution is 6.33. The van der Waals surface area contributed by atoms with Gasteiger partial charge in [-0.15, -0.1) is 0 Å². The maximum atomic E-state index is 13.0. The first-order valence-corrected chi connectivity index (χ1v) is 6.69. The van der Waals surface area contributed by atoms with Gasteiger partial charge in [-0.25, -0.2) is 0 Å². The van der Waals surface area contributed by atoms with Crippen molar-refractivity contribution in [2.75, 3.05) is 18.4 Å². The molecule has 0 amide bonds. The molecule has 6 heteroatoms. The van der Waals surface area contributed by atoms with E-state index in [0.29, 0.717) is 0 Å². The number of hydrogen-bond donors (Lipinski definition) is 2. The number of alkyl halides is 3. The zero-order valence-electron chi connectivity index (χ0n) is 10.4. The highest BCUT2D eigenvalue weighted by Gasteiger charge is 2.34. The normalized spacial score (nSPS) is 20.9. The molecule has 0 spiro atoms. The van der Waals surface area contributed by atoms with Crippen molar-refractivity contribution in [3.63, 3.8) is 0 Å². The smallest absolute Gasteiger partial charge is 0.381 e. The fourth-order valence-corrected chi connectivity index (χ4v) is 2.50.